The third-order valence-electron chi connectivity index (χ3n) is 2.75. The molecule has 86 valence electrons. The van der Waals surface area contributed by atoms with Crippen LogP contribution in [-0.2, 0) is 11.3 Å². The highest BCUT2D eigenvalue weighted by Crippen LogP contribution is 2.20. The number of hydrogen-bond acceptors (Lipinski definition) is 3. The number of rotatable bonds is 2. The summed E-state index contributed by atoms with van der Waals surface area (Å²) in [5, 5.41) is 0. The Kier molecular flexibility index (Phi) is 2.78. The summed E-state index contributed by atoms with van der Waals surface area (Å²) in [6.45, 7) is 0.664. The highest BCUT2D eigenvalue weighted by atomic mass is 19.1. The van der Waals surface area contributed by atoms with Crippen LogP contribution in [0.3, 0.4) is 0 Å². The monoisotopic (exact) mass is 223 g/mol. The van der Waals surface area contributed by atoms with Gasteiger partial charge < -0.3 is 16.4 Å². The first-order valence-corrected chi connectivity index (χ1v) is 5.14. The summed E-state index contributed by atoms with van der Waals surface area (Å²) in [6, 6.07) is 4.36. The smallest absolute Gasteiger partial charge is 0.224 e. The number of nitrogens with two attached hydrogens (primary N) is 2. The third-order valence-corrected chi connectivity index (χ3v) is 2.75. The molecule has 1 fully saturated rings. The minimum atomic E-state index is -0.381. The fourth-order valence-corrected chi connectivity index (χ4v) is 1.89. The molecule has 0 bridgehead atoms. The van der Waals surface area contributed by atoms with Gasteiger partial charge in [0, 0.05) is 30.3 Å². The molecule has 16 heavy (non-hydrogen) atoms. The van der Waals surface area contributed by atoms with Crippen molar-refractivity contribution in [1.29, 1.82) is 0 Å². The third kappa shape index (κ3) is 1.99. The van der Waals surface area contributed by atoms with Gasteiger partial charge in [-0.15, -0.1) is 0 Å². The fraction of sp³-hybridized carbons (Fsp3) is 0.364. The number of hydrogen-bond donors (Lipinski definition) is 2. The fourth-order valence-electron chi connectivity index (χ4n) is 1.89. The van der Waals surface area contributed by atoms with Crippen molar-refractivity contribution in [3.8, 4) is 0 Å². The van der Waals surface area contributed by atoms with Gasteiger partial charge in [0.25, 0.3) is 0 Å². The van der Waals surface area contributed by atoms with E-state index >= 15 is 0 Å². The van der Waals surface area contributed by atoms with Gasteiger partial charge in [0.05, 0.1) is 6.54 Å². The van der Waals surface area contributed by atoms with Crippen molar-refractivity contribution >= 4 is 11.6 Å². The van der Waals surface area contributed by atoms with E-state index < -0.39 is 0 Å². The van der Waals surface area contributed by atoms with E-state index in [1.54, 1.807) is 17.0 Å². The Hall–Kier alpha value is -1.62. The first-order chi connectivity index (χ1) is 7.58. The summed E-state index contributed by atoms with van der Waals surface area (Å²) in [6.07, 6.45) is 0.328. The summed E-state index contributed by atoms with van der Waals surface area (Å²) in [4.78, 5) is 13.0. The van der Waals surface area contributed by atoms with E-state index in [0.717, 1.165) is 0 Å². The van der Waals surface area contributed by atoms with E-state index in [1.807, 2.05) is 0 Å². The van der Waals surface area contributed by atoms with Crippen molar-refractivity contribution in [3.05, 3.63) is 29.6 Å². The molecule has 1 aromatic rings. The molecule has 1 atom stereocenters. The van der Waals surface area contributed by atoms with Crippen LogP contribution in [0, 0.1) is 5.82 Å². The highest BCUT2D eigenvalue weighted by molar-refractivity contribution is 5.79. The van der Waals surface area contributed by atoms with Gasteiger partial charge in [-0.2, -0.15) is 0 Å². The van der Waals surface area contributed by atoms with Crippen molar-refractivity contribution in [2.45, 2.75) is 19.0 Å². The summed E-state index contributed by atoms with van der Waals surface area (Å²) in [5.41, 5.74) is 12.1. The van der Waals surface area contributed by atoms with Gasteiger partial charge >= 0.3 is 0 Å². The lowest BCUT2D eigenvalue weighted by molar-refractivity contribution is -0.128. The predicted octanol–water partition coefficient (Wildman–Crippen LogP) is 0.468. The van der Waals surface area contributed by atoms with Crippen LogP contribution in [0.4, 0.5) is 10.1 Å². The standard InChI is InChI=1S/C11H14FN3O/c12-9-2-1-3-10(14)8(9)6-15-5-7(13)4-11(15)16/h1-3,7H,4-6,13-14H2. The molecular weight excluding hydrogens is 209 g/mol. The Morgan fingerprint density at radius 3 is 2.81 bits per heavy atom. The second-order valence-electron chi connectivity index (χ2n) is 4.05. The number of nitrogens with zero attached hydrogens (tertiary/aromatic N) is 1. The Bertz CT molecular complexity index is 401. The predicted molar refractivity (Wildman–Crippen MR) is 58.8 cm³/mol. The first kappa shape index (κ1) is 10.9. The molecule has 1 aliphatic rings. The molecule has 5 heteroatoms. The van der Waals surface area contributed by atoms with Crippen LogP contribution in [0.2, 0.25) is 0 Å². The number of nitrogen functional groups attached to an aromatic ring is 1. The Balaban J connectivity index is 2.18. The summed E-state index contributed by atoms with van der Waals surface area (Å²) in [5.74, 6) is -0.427. The minimum Gasteiger partial charge on any atom is -0.398 e. The molecular formula is C11H14FN3O. The molecule has 2 rings (SSSR count). The van der Waals surface area contributed by atoms with E-state index in [-0.39, 0.29) is 24.3 Å². The van der Waals surface area contributed by atoms with Crippen LogP contribution in [-0.4, -0.2) is 23.4 Å². The number of likely N-dealkylation sites (tertiary alicyclic amines) is 1. The zero-order valence-corrected chi connectivity index (χ0v) is 8.82. The van der Waals surface area contributed by atoms with Crippen LogP contribution in [0.5, 0.6) is 0 Å². The number of benzene rings is 1. The molecule has 0 radical (unpaired) electrons. The number of carbonyl (C=O) groups excluding carboxylic acids is 1. The second-order valence-corrected chi connectivity index (χ2v) is 4.05. The van der Waals surface area contributed by atoms with Crippen molar-refractivity contribution in [2.75, 3.05) is 12.3 Å². The van der Waals surface area contributed by atoms with Crippen LogP contribution >= 0.6 is 0 Å². The lowest BCUT2D eigenvalue weighted by Gasteiger charge is -2.17. The average molecular weight is 223 g/mol. The second kappa shape index (κ2) is 4.09. The molecule has 1 saturated heterocycles. The summed E-state index contributed by atoms with van der Waals surface area (Å²) in [7, 11) is 0. The molecule has 0 spiro atoms. The number of halogens is 1. The van der Waals surface area contributed by atoms with Crippen LogP contribution in [0.25, 0.3) is 0 Å². The van der Waals surface area contributed by atoms with E-state index in [2.05, 4.69) is 0 Å². The molecule has 1 unspecified atom stereocenters. The molecule has 4 N–H and O–H groups in total. The van der Waals surface area contributed by atoms with E-state index in [0.29, 0.717) is 24.2 Å². The van der Waals surface area contributed by atoms with Crippen molar-refractivity contribution in [3.63, 3.8) is 0 Å². The molecule has 1 amide bonds. The van der Waals surface area contributed by atoms with Gasteiger partial charge in [0.15, 0.2) is 0 Å². The highest BCUT2D eigenvalue weighted by Gasteiger charge is 2.27. The minimum absolute atomic E-state index is 0.0462. The van der Waals surface area contributed by atoms with Gasteiger partial charge in [0.2, 0.25) is 5.91 Å². The maximum atomic E-state index is 13.5. The van der Waals surface area contributed by atoms with Crippen molar-refractivity contribution in [1.82, 2.24) is 4.90 Å². The van der Waals surface area contributed by atoms with Crippen LogP contribution < -0.4 is 11.5 Å². The first-order valence-electron chi connectivity index (χ1n) is 5.14. The van der Waals surface area contributed by atoms with Gasteiger partial charge in [-0.05, 0) is 12.1 Å². The van der Waals surface area contributed by atoms with Gasteiger partial charge in [-0.25, -0.2) is 4.39 Å². The molecule has 1 aromatic carbocycles. The maximum absolute atomic E-state index is 13.5. The molecule has 0 saturated carbocycles. The van der Waals surface area contributed by atoms with Gasteiger partial charge in [-0.1, -0.05) is 6.07 Å². The SMILES string of the molecule is Nc1cccc(F)c1CN1CC(N)CC1=O. The van der Waals surface area contributed by atoms with Gasteiger partial charge in [-0.3, -0.25) is 4.79 Å². The largest absolute Gasteiger partial charge is 0.398 e. The molecule has 0 aliphatic carbocycles. The molecule has 4 nitrogen and oxygen atoms in total. The zero-order valence-electron chi connectivity index (χ0n) is 8.82. The van der Waals surface area contributed by atoms with Crippen LogP contribution in [0.15, 0.2) is 18.2 Å². The number of carbonyl (C=O) groups is 1. The van der Waals surface area contributed by atoms with Crippen LogP contribution in [0.1, 0.15) is 12.0 Å². The quantitative estimate of drug-likeness (QED) is 0.716. The number of anilines is 1. The Morgan fingerprint density at radius 2 is 2.25 bits per heavy atom. The molecule has 1 heterocycles. The Morgan fingerprint density at radius 1 is 1.50 bits per heavy atom. The lowest BCUT2D eigenvalue weighted by Crippen LogP contribution is -2.28. The van der Waals surface area contributed by atoms with E-state index in [4.69, 9.17) is 11.5 Å². The van der Waals surface area contributed by atoms with Gasteiger partial charge in [0.1, 0.15) is 5.82 Å². The van der Waals surface area contributed by atoms with Crippen molar-refractivity contribution < 1.29 is 9.18 Å². The number of amides is 1. The lowest BCUT2D eigenvalue weighted by atomic mass is 10.1. The van der Waals surface area contributed by atoms with E-state index in [9.17, 15) is 9.18 Å². The molecule has 0 aromatic heterocycles. The molecule has 1 aliphatic heterocycles. The average Bonchev–Trinajstić information content (AvgIpc) is 2.51. The van der Waals surface area contributed by atoms with E-state index in [1.165, 1.54) is 6.07 Å². The van der Waals surface area contributed by atoms with Crippen molar-refractivity contribution in [2.24, 2.45) is 5.73 Å². The Labute approximate surface area is 93.0 Å². The summed E-state index contributed by atoms with van der Waals surface area (Å²) >= 11 is 0. The maximum Gasteiger partial charge on any atom is 0.224 e. The normalized spacial score (nSPS) is 20.5. The summed E-state index contributed by atoms with van der Waals surface area (Å²) < 4.78 is 13.5. The zero-order chi connectivity index (χ0) is 11.7. The topological polar surface area (TPSA) is 72.3 Å².